The van der Waals surface area contributed by atoms with E-state index >= 15 is 0 Å². The Labute approximate surface area is 190 Å². The van der Waals surface area contributed by atoms with Crippen LogP contribution in [0.2, 0.25) is 0 Å². The van der Waals surface area contributed by atoms with Gasteiger partial charge in [0.25, 0.3) is 11.8 Å². The van der Waals surface area contributed by atoms with Crippen molar-refractivity contribution in [2.24, 2.45) is 0 Å². The van der Waals surface area contributed by atoms with Crippen molar-refractivity contribution in [3.63, 3.8) is 0 Å². The second kappa shape index (κ2) is 10.6. The minimum Gasteiger partial charge on any atom is -0.495 e. The van der Waals surface area contributed by atoms with Crippen molar-refractivity contribution in [1.82, 2.24) is 0 Å². The van der Waals surface area contributed by atoms with Gasteiger partial charge in [-0.15, -0.1) is 0 Å². The average molecular weight is 446 g/mol. The second-order valence-electron chi connectivity index (χ2n) is 6.79. The molecule has 0 saturated carbocycles. The molecule has 2 amide bonds. The number of nitrogens with one attached hydrogen (secondary N) is 2. The molecular weight excluding hydrogens is 424 g/mol. The fourth-order valence-corrected chi connectivity index (χ4v) is 3.00. The number of anilines is 2. The standard InChI is InChI=1S/C25H22N2O6/c1-32-21-9-5-3-7-19(21)26-23(28)18(15-16-11-13-17(14-12-16)25(30)31)24(29)27-20-8-4-6-10-22(20)33-2/h3-15H,1-2H3,(H,26,28)(H,27,29)(H,30,31). The van der Waals surface area contributed by atoms with E-state index in [2.05, 4.69) is 10.6 Å². The van der Waals surface area contributed by atoms with Crippen LogP contribution in [0.1, 0.15) is 15.9 Å². The van der Waals surface area contributed by atoms with Crippen LogP contribution in [0.5, 0.6) is 11.5 Å². The summed E-state index contributed by atoms with van der Waals surface area (Å²) in [5.74, 6) is -1.56. The number of benzene rings is 3. The molecule has 3 aromatic rings. The predicted octanol–water partition coefficient (Wildman–Crippen LogP) is 4.06. The number of hydrogen-bond acceptors (Lipinski definition) is 5. The first-order chi connectivity index (χ1) is 15.9. The second-order valence-corrected chi connectivity index (χ2v) is 6.79. The first-order valence-corrected chi connectivity index (χ1v) is 9.86. The Morgan fingerprint density at radius 2 is 1.18 bits per heavy atom. The third-order valence-electron chi connectivity index (χ3n) is 4.67. The number of carbonyl (C=O) groups excluding carboxylic acids is 2. The molecule has 33 heavy (non-hydrogen) atoms. The maximum Gasteiger partial charge on any atom is 0.335 e. The van der Waals surface area contributed by atoms with Gasteiger partial charge in [0.1, 0.15) is 17.1 Å². The van der Waals surface area contributed by atoms with Gasteiger partial charge in [-0.25, -0.2) is 4.79 Å². The molecule has 0 spiro atoms. The zero-order valence-electron chi connectivity index (χ0n) is 18.0. The van der Waals surface area contributed by atoms with Gasteiger partial charge in [-0.3, -0.25) is 9.59 Å². The number of carboxylic acid groups (broad SMARTS) is 1. The molecule has 8 nitrogen and oxygen atoms in total. The monoisotopic (exact) mass is 446 g/mol. The molecule has 0 saturated heterocycles. The lowest BCUT2D eigenvalue weighted by atomic mass is 10.1. The van der Waals surface area contributed by atoms with Crippen molar-refractivity contribution >= 4 is 35.2 Å². The van der Waals surface area contributed by atoms with Crippen LogP contribution in [-0.2, 0) is 9.59 Å². The molecule has 0 radical (unpaired) electrons. The fraction of sp³-hybridized carbons (Fsp3) is 0.0800. The summed E-state index contributed by atoms with van der Waals surface area (Å²) in [7, 11) is 2.94. The van der Waals surface area contributed by atoms with Crippen LogP contribution in [0.25, 0.3) is 6.08 Å². The summed E-state index contributed by atoms with van der Waals surface area (Å²) >= 11 is 0. The highest BCUT2D eigenvalue weighted by Gasteiger charge is 2.21. The van der Waals surface area contributed by atoms with E-state index < -0.39 is 17.8 Å². The van der Waals surface area contributed by atoms with Crippen molar-refractivity contribution in [2.45, 2.75) is 0 Å². The van der Waals surface area contributed by atoms with E-state index in [-0.39, 0.29) is 11.1 Å². The van der Waals surface area contributed by atoms with Gasteiger partial charge in [0.2, 0.25) is 0 Å². The quantitative estimate of drug-likeness (QED) is 0.273. The molecule has 0 aliphatic heterocycles. The Hall–Kier alpha value is -4.59. The molecule has 0 fully saturated rings. The molecule has 0 aliphatic rings. The number of aromatic carboxylic acids is 1. The first kappa shape index (κ1) is 23.1. The minimum atomic E-state index is -1.08. The summed E-state index contributed by atoms with van der Waals surface area (Å²) in [5.41, 5.74) is 1.14. The largest absolute Gasteiger partial charge is 0.495 e. The van der Waals surface area contributed by atoms with E-state index in [9.17, 15) is 14.4 Å². The van der Waals surface area contributed by atoms with Gasteiger partial charge in [0.15, 0.2) is 0 Å². The molecule has 0 unspecified atom stereocenters. The van der Waals surface area contributed by atoms with E-state index in [4.69, 9.17) is 14.6 Å². The Morgan fingerprint density at radius 1 is 0.727 bits per heavy atom. The van der Waals surface area contributed by atoms with E-state index in [1.165, 1.54) is 44.6 Å². The van der Waals surface area contributed by atoms with Gasteiger partial charge in [0, 0.05) is 0 Å². The van der Waals surface area contributed by atoms with Crippen molar-refractivity contribution in [2.75, 3.05) is 24.9 Å². The molecule has 0 atom stereocenters. The molecule has 3 aromatic carbocycles. The molecule has 3 rings (SSSR count). The molecule has 0 heterocycles. The summed E-state index contributed by atoms with van der Waals surface area (Å²) in [6, 6.07) is 19.4. The van der Waals surface area contributed by atoms with Crippen LogP contribution >= 0.6 is 0 Å². The molecule has 168 valence electrons. The van der Waals surface area contributed by atoms with Crippen LogP contribution in [0, 0.1) is 0 Å². The maximum atomic E-state index is 13.1. The predicted molar refractivity (Wildman–Crippen MR) is 125 cm³/mol. The summed E-state index contributed by atoms with van der Waals surface area (Å²) in [5, 5.41) is 14.5. The Bertz CT molecular complexity index is 1140. The summed E-state index contributed by atoms with van der Waals surface area (Å²) < 4.78 is 10.5. The smallest absolute Gasteiger partial charge is 0.335 e. The van der Waals surface area contributed by atoms with Crippen molar-refractivity contribution in [3.8, 4) is 11.5 Å². The lowest BCUT2D eigenvalue weighted by Gasteiger charge is -2.14. The average Bonchev–Trinajstić information content (AvgIpc) is 2.83. The van der Waals surface area contributed by atoms with E-state index in [1.54, 1.807) is 48.5 Å². The molecule has 0 bridgehead atoms. The fourth-order valence-electron chi connectivity index (χ4n) is 3.00. The number of hydrogen-bond donors (Lipinski definition) is 3. The normalized spacial score (nSPS) is 10.0. The van der Waals surface area contributed by atoms with Gasteiger partial charge in [-0.1, -0.05) is 36.4 Å². The van der Waals surface area contributed by atoms with E-state index in [0.29, 0.717) is 28.4 Å². The third kappa shape index (κ3) is 5.76. The zero-order chi connectivity index (χ0) is 23.8. The highest BCUT2D eigenvalue weighted by molar-refractivity contribution is 6.29. The highest BCUT2D eigenvalue weighted by atomic mass is 16.5. The van der Waals surface area contributed by atoms with E-state index in [0.717, 1.165) is 0 Å². The van der Waals surface area contributed by atoms with Crippen LogP contribution in [-0.4, -0.2) is 37.1 Å². The van der Waals surface area contributed by atoms with Crippen molar-refractivity contribution in [3.05, 3.63) is 89.5 Å². The summed E-state index contributed by atoms with van der Waals surface area (Å²) in [4.78, 5) is 37.4. The Kier molecular flexibility index (Phi) is 7.43. The highest BCUT2D eigenvalue weighted by Crippen LogP contribution is 2.26. The van der Waals surface area contributed by atoms with Crippen LogP contribution in [0.3, 0.4) is 0 Å². The number of amides is 2. The SMILES string of the molecule is COc1ccccc1NC(=O)C(=Cc1ccc(C(=O)O)cc1)C(=O)Nc1ccccc1OC. The first-order valence-electron chi connectivity index (χ1n) is 9.86. The van der Waals surface area contributed by atoms with Gasteiger partial charge in [0.05, 0.1) is 31.2 Å². The number of carboxylic acids is 1. The molecular formula is C25H22N2O6. The molecule has 0 aromatic heterocycles. The number of methoxy groups -OCH3 is 2. The van der Waals surface area contributed by atoms with Gasteiger partial charge >= 0.3 is 5.97 Å². The van der Waals surface area contributed by atoms with Crippen LogP contribution in [0.4, 0.5) is 11.4 Å². The molecule has 8 heteroatoms. The van der Waals surface area contributed by atoms with Crippen LogP contribution in [0.15, 0.2) is 78.4 Å². The third-order valence-corrected chi connectivity index (χ3v) is 4.67. The Morgan fingerprint density at radius 3 is 1.61 bits per heavy atom. The number of ether oxygens (including phenoxy) is 2. The maximum absolute atomic E-state index is 13.1. The number of rotatable bonds is 8. The number of carbonyl (C=O) groups is 3. The van der Waals surface area contributed by atoms with E-state index in [1.807, 2.05) is 0 Å². The minimum absolute atomic E-state index is 0.0886. The van der Waals surface area contributed by atoms with Gasteiger partial charge in [-0.2, -0.15) is 0 Å². The molecule has 3 N–H and O–H groups in total. The Balaban J connectivity index is 1.96. The summed E-state index contributed by atoms with van der Waals surface area (Å²) in [6.07, 6.45) is 1.38. The topological polar surface area (TPSA) is 114 Å². The van der Waals surface area contributed by atoms with Gasteiger partial charge < -0.3 is 25.2 Å². The van der Waals surface area contributed by atoms with Crippen molar-refractivity contribution in [1.29, 1.82) is 0 Å². The number of para-hydroxylation sites is 4. The van der Waals surface area contributed by atoms with Crippen molar-refractivity contribution < 1.29 is 29.0 Å². The van der Waals surface area contributed by atoms with Crippen LogP contribution < -0.4 is 20.1 Å². The van der Waals surface area contributed by atoms with Gasteiger partial charge in [-0.05, 0) is 48.0 Å². The lowest BCUT2D eigenvalue weighted by molar-refractivity contribution is -0.118. The lowest BCUT2D eigenvalue weighted by Crippen LogP contribution is -2.25. The zero-order valence-corrected chi connectivity index (χ0v) is 18.0. The summed E-state index contributed by atoms with van der Waals surface area (Å²) in [6.45, 7) is 0. The molecule has 0 aliphatic carbocycles.